The lowest BCUT2D eigenvalue weighted by Crippen LogP contribution is -2.52. The second kappa shape index (κ2) is 7.58. The van der Waals surface area contributed by atoms with Gasteiger partial charge in [0, 0.05) is 22.9 Å². The van der Waals surface area contributed by atoms with Gasteiger partial charge >= 0.3 is 0 Å². The van der Waals surface area contributed by atoms with E-state index < -0.39 is 22.4 Å². The Morgan fingerprint density at radius 3 is 2.71 bits per heavy atom. The summed E-state index contributed by atoms with van der Waals surface area (Å²) in [6.07, 6.45) is 2.61. The Morgan fingerprint density at radius 1 is 1.36 bits per heavy atom. The van der Waals surface area contributed by atoms with E-state index in [1.54, 1.807) is 0 Å². The lowest BCUT2D eigenvalue weighted by Gasteiger charge is -2.27. The van der Waals surface area contributed by atoms with Gasteiger partial charge in [0.15, 0.2) is 0 Å². The van der Waals surface area contributed by atoms with Gasteiger partial charge in [-0.1, -0.05) is 0 Å². The summed E-state index contributed by atoms with van der Waals surface area (Å²) in [4.78, 5) is 41.7. The average molecular weight is 404 g/mol. The van der Waals surface area contributed by atoms with E-state index in [-0.39, 0.29) is 22.8 Å². The van der Waals surface area contributed by atoms with E-state index >= 15 is 0 Å². The summed E-state index contributed by atoms with van der Waals surface area (Å²) in [5.41, 5.74) is -0.334. The lowest BCUT2D eigenvalue weighted by atomic mass is 10.1. The second-order valence-electron chi connectivity index (χ2n) is 7.33. The molecule has 10 nitrogen and oxygen atoms in total. The van der Waals surface area contributed by atoms with Crippen LogP contribution in [0, 0.1) is 10.1 Å². The summed E-state index contributed by atoms with van der Waals surface area (Å²) in [5, 5.41) is 18.3. The van der Waals surface area contributed by atoms with E-state index in [4.69, 9.17) is 0 Å². The summed E-state index contributed by atoms with van der Waals surface area (Å²) in [7, 11) is 0. The van der Waals surface area contributed by atoms with E-state index in [1.165, 1.54) is 52.2 Å². The van der Waals surface area contributed by atoms with Crippen LogP contribution in [-0.4, -0.2) is 59.6 Å². The number of thioether (sulfide) groups is 1. The van der Waals surface area contributed by atoms with Crippen LogP contribution in [0.2, 0.25) is 0 Å². The highest BCUT2D eigenvalue weighted by Crippen LogP contribution is 2.28. The Bertz CT molecular complexity index is 909. The number of hydrogen-bond acceptors (Lipinski definition) is 7. The molecule has 28 heavy (non-hydrogen) atoms. The van der Waals surface area contributed by atoms with Crippen molar-refractivity contribution in [1.82, 2.24) is 25.0 Å². The maximum Gasteiger partial charge on any atom is 0.295 e. The van der Waals surface area contributed by atoms with Gasteiger partial charge in [0.2, 0.25) is 5.91 Å². The molecule has 0 radical (unpaired) electrons. The molecule has 1 aromatic heterocycles. The number of amides is 2. The van der Waals surface area contributed by atoms with Crippen molar-refractivity contribution in [2.45, 2.75) is 32.4 Å². The number of nitro groups is 1. The molecule has 148 valence electrons. The number of hydrogen-bond donors (Lipinski definition) is 1. The number of carbonyl (C=O) groups excluding carboxylic acids is 2. The van der Waals surface area contributed by atoms with Gasteiger partial charge in [-0.3, -0.25) is 19.7 Å². The normalized spacial score (nSPS) is 16.8. The third kappa shape index (κ3) is 4.14. The van der Waals surface area contributed by atoms with Crippen LogP contribution in [0.25, 0.3) is 5.69 Å². The number of nitro benzene ring substituents is 1. The summed E-state index contributed by atoms with van der Waals surface area (Å²) in [6, 6.07) is 3.54. The van der Waals surface area contributed by atoms with Gasteiger partial charge in [-0.25, -0.2) is 9.67 Å². The summed E-state index contributed by atoms with van der Waals surface area (Å²) >= 11 is 1.47. The van der Waals surface area contributed by atoms with Crippen molar-refractivity contribution in [2.24, 2.45) is 0 Å². The molecule has 1 N–H and O–H groups in total. The first kappa shape index (κ1) is 19.8. The van der Waals surface area contributed by atoms with E-state index in [9.17, 15) is 19.7 Å². The van der Waals surface area contributed by atoms with Crippen LogP contribution < -0.4 is 5.32 Å². The highest BCUT2D eigenvalue weighted by Gasteiger charge is 2.37. The monoisotopic (exact) mass is 404 g/mol. The van der Waals surface area contributed by atoms with Crippen molar-refractivity contribution in [3.05, 3.63) is 46.5 Å². The first-order chi connectivity index (χ1) is 13.2. The van der Waals surface area contributed by atoms with Crippen molar-refractivity contribution < 1.29 is 14.5 Å². The molecule has 1 aromatic carbocycles. The third-order valence-corrected chi connectivity index (χ3v) is 5.04. The van der Waals surface area contributed by atoms with Gasteiger partial charge < -0.3 is 10.2 Å². The van der Waals surface area contributed by atoms with E-state index in [0.717, 1.165) is 0 Å². The summed E-state index contributed by atoms with van der Waals surface area (Å²) < 4.78 is 1.26. The molecule has 1 aliphatic heterocycles. The van der Waals surface area contributed by atoms with Gasteiger partial charge in [-0.2, -0.15) is 5.10 Å². The number of nitrogens with zero attached hydrogens (tertiary/aromatic N) is 5. The quantitative estimate of drug-likeness (QED) is 0.606. The fourth-order valence-corrected chi connectivity index (χ4v) is 3.96. The molecule has 0 aliphatic carbocycles. The number of nitrogens with one attached hydrogen (secondary N) is 1. The van der Waals surface area contributed by atoms with Crippen LogP contribution in [0.1, 0.15) is 31.1 Å². The Labute approximate surface area is 165 Å². The molecule has 0 spiro atoms. The molecule has 2 aromatic rings. The molecule has 1 aliphatic rings. The zero-order chi connectivity index (χ0) is 20.5. The number of rotatable bonds is 4. The Hall–Kier alpha value is -2.95. The molecule has 0 saturated carbocycles. The Morgan fingerprint density at radius 2 is 2.11 bits per heavy atom. The van der Waals surface area contributed by atoms with Crippen molar-refractivity contribution in [2.75, 3.05) is 11.6 Å². The fraction of sp³-hybridized carbons (Fsp3) is 0.412. The van der Waals surface area contributed by atoms with Crippen molar-refractivity contribution in [1.29, 1.82) is 0 Å². The lowest BCUT2D eigenvalue weighted by molar-refractivity contribution is -0.384. The highest BCUT2D eigenvalue weighted by molar-refractivity contribution is 7.99. The smallest absolute Gasteiger partial charge is 0.295 e. The van der Waals surface area contributed by atoms with Gasteiger partial charge in [-0.05, 0) is 32.9 Å². The molecule has 1 atom stereocenters. The Kier molecular flexibility index (Phi) is 5.36. The maximum absolute atomic E-state index is 13.0. The minimum absolute atomic E-state index is 0.145. The maximum atomic E-state index is 13.0. The van der Waals surface area contributed by atoms with E-state index in [0.29, 0.717) is 11.6 Å². The molecule has 3 rings (SSSR count). The molecule has 11 heteroatoms. The summed E-state index contributed by atoms with van der Waals surface area (Å²) in [6.45, 7) is 5.60. The minimum Gasteiger partial charge on any atom is -0.350 e. The fourth-order valence-electron chi connectivity index (χ4n) is 2.81. The Balaban J connectivity index is 1.88. The topological polar surface area (TPSA) is 123 Å². The standard InChI is InChI=1S/C17H20N6O4S/c1-17(2,3)20-15(24)14-7-28-10-21(14)16(25)11-4-5-12(13(6-11)23(26)27)22-9-18-8-19-22/h4-6,8-9,14H,7,10H2,1-3H3,(H,20,24). The number of aromatic nitrogens is 3. The van der Waals surface area contributed by atoms with Crippen LogP contribution >= 0.6 is 11.8 Å². The molecule has 2 amide bonds. The zero-order valence-electron chi connectivity index (χ0n) is 15.7. The minimum atomic E-state index is -0.620. The molecule has 1 unspecified atom stereocenters. The SMILES string of the molecule is CC(C)(C)NC(=O)C1CSCN1C(=O)c1ccc(-n2cncn2)c([N+](=O)[O-])c1. The second-order valence-corrected chi connectivity index (χ2v) is 8.33. The van der Waals surface area contributed by atoms with Crippen LogP contribution in [0.5, 0.6) is 0 Å². The van der Waals surface area contributed by atoms with Crippen molar-refractivity contribution >= 4 is 29.3 Å². The van der Waals surface area contributed by atoms with E-state index in [2.05, 4.69) is 15.4 Å². The highest BCUT2D eigenvalue weighted by atomic mass is 32.2. The zero-order valence-corrected chi connectivity index (χ0v) is 16.5. The van der Waals surface area contributed by atoms with Crippen LogP contribution in [0.4, 0.5) is 5.69 Å². The summed E-state index contributed by atoms with van der Waals surface area (Å²) in [5.74, 6) is 0.166. The van der Waals surface area contributed by atoms with Crippen LogP contribution in [-0.2, 0) is 4.79 Å². The van der Waals surface area contributed by atoms with Crippen molar-refractivity contribution in [3.63, 3.8) is 0 Å². The molecular weight excluding hydrogens is 384 g/mol. The first-order valence-corrected chi connectivity index (χ1v) is 9.67. The predicted molar refractivity (Wildman–Crippen MR) is 103 cm³/mol. The molecule has 1 fully saturated rings. The average Bonchev–Trinajstić information content (AvgIpc) is 3.30. The largest absolute Gasteiger partial charge is 0.350 e. The van der Waals surface area contributed by atoms with Crippen molar-refractivity contribution in [3.8, 4) is 5.69 Å². The number of carbonyl (C=O) groups is 2. The van der Waals surface area contributed by atoms with Gasteiger partial charge in [0.05, 0.1) is 10.8 Å². The van der Waals surface area contributed by atoms with Gasteiger partial charge in [0.25, 0.3) is 11.6 Å². The van der Waals surface area contributed by atoms with Crippen LogP contribution in [0.15, 0.2) is 30.9 Å². The molecule has 0 bridgehead atoms. The van der Waals surface area contributed by atoms with Gasteiger partial charge in [-0.15, -0.1) is 11.8 Å². The molecule has 1 saturated heterocycles. The molecular formula is C17H20N6O4S. The third-order valence-electron chi connectivity index (χ3n) is 4.03. The first-order valence-electron chi connectivity index (χ1n) is 8.51. The van der Waals surface area contributed by atoms with Crippen LogP contribution in [0.3, 0.4) is 0 Å². The molecule has 2 heterocycles. The van der Waals surface area contributed by atoms with E-state index in [1.807, 2.05) is 20.8 Å². The number of benzene rings is 1. The predicted octanol–water partition coefficient (Wildman–Crippen LogP) is 1.61. The van der Waals surface area contributed by atoms with Gasteiger partial charge in [0.1, 0.15) is 24.4 Å².